The molecule has 0 saturated heterocycles. The summed E-state index contributed by atoms with van der Waals surface area (Å²) in [5.41, 5.74) is 11.0. The van der Waals surface area contributed by atoms with E-state index in [1.165, 1.54) is 0 Å². The van der Waals surface area contributed by atoms with Crippen LogP contribution < -0.4 is 5.32 Å². The van der Waals surface area contributed by atoms with E-state index in [2.05, 4.69) is 15.5 Å². The van der Waals surface area contributed by atoms with Crippen LogP contribution in [0.15, 0.2) is 70.6 Å². The van der Waals surface area contributed by atoms with E-state index >= 15 is 0 Å². The molecule has 2 aromatic heterocycles. The zero-order valence-corrected chi connectivity index (χ0v) is 19.7. The van der Waals surface area contributed by atoms with Crippen LogP contribution in [0.4, 0.5) is 17.2 Å². The first kappa shape index (κ1) is 19.2. The monoisotopic (exact) mass is 573 g/mol. The third-order valence-corrected chi connectivity index (χ3v) is 4.66. The maximum absolute atomic E-state index is 7.60. The Balaban J connectivity index is 0.00000196. The fraction of sp³-hybridized carbons (Fsp3) is 0.0526. The Kier molecular flexibility index (Phi) is 6.23. The number of H-pyrrole nitrogens is 1. The van der Waals surface area contributed by atoms with Crippen molar-refractivity contribution >= 4 is 39.9 Å². The van der Waals surface area contributed by atoms with E-state index in [0.717, 1.165) is 38.0 Å². The number of aryl methyl sites for hydroxylation is 1. The molecule has 1 radical (unpaired) electrons. The van der Waals surface area contributed by atoms with Gasteiger partial charge in [0.15, 0.2) is 5.82 Å². The van der Waals surface area contributed by atoms with Crippen molar-refractivity contribution in [3.8, 4) is 0 Å². The van der Waals surface area contributed by atoms with E-state index in [1.807, 2.05) is 55.5 Å². The maximum atomic E-state index is 7.60. The molecule has 0 aliphatic heterocycles. The molecule has 26 heavy (non-hydrogen) atoms. The first-order valence-corrected chi connectivity index (χ1v) is 8.67. The molecule has 0 unspecified atom stereocenters. The summed E-state index contributed by atoms with van der Waals surface area (Å²) in [5, 5.41) is 12.5. The molecular weight excluding hydrogens is 557 g/mol. The Morgan fingerprint density at radius 3 is 2.54 bits per heavy atom. The molecule has 127 valence electrons. The largest absolute Gasteiger partial charge is 0.699 e. The van der Waals surface area contributed by atoms with Crippen molar-refractivity contribution in [3.63, 3.8) is 0 Å². The summed E-state index contributed by atoms with van der Waals surface area (Å²) in [6.45, 7) is 1.97. The van der Waals surface area contributed by atoms with Crippen LogP contribution in [-0.4, -0.2) is 15.2 Å². The van der Waals surface area contributed by atoms with Gasteiger partial charge in [0.2, 0.25) is 0 Å². The molecule has 4 rings (SSSR count). The summed E-state index contributed by atoms with van der Waals surface area (Å²) in [7, 11) is 0. The third kappa shape index (κ3) is 4.40. The van der Waals surface area contributed by atoms with Crippen LogP contribution in [0, 0.1) is 51.0 Å². The Bertz CT molecular complexity index is 1030. The van der Waals surface area contributed by atoms with E-state index in [9.17, 15) is 0 Å². The Morgan fingerprint density at radius 2 is 1.81 bits per heavy atom. The summed E-state index contributed by atoms with van der Waals surface area (Å²) in [4.78, 5) is 5.80. The van der Waals surface area contributed by atoms with Crippen LogP contribution in [-0.2, 0) is 0 Å². The van der Waals surface area contributed by atoms with E-state index in [0.29, 0.717) is 5.69 Å². The van der Waals surface area contributed by atoms with Gasteiger partial charge in [-0.3, -0.25) is 5.10 Å². The molecule has 2 heterocycles. The maximum Gasteiger partial charge on any atom is 0.152 e. The summed E-state index contributed by atoms with van der Waals surface area (Å²) in [5.74, 6) is 0.781. The molecule has 2 aromatic carbocycles. The van der Waals surface area contributed by atoms with Crippen LogP contribution in [0.2, 0.25) is 0 Å². The summed E-state index contributed by atoms with van der Waals surface area (Å²) >= 11 is 1.58. The van der Waals surface area contributed by atoms with Gasteiger partial charge in [-0.2, -0.15) is 5.10 Å². The van der Waals surface area contributed by atoms with Gasteiger partial charge >= 0.3 is 0 Å². The molecule has 0 fully saturated rings. The van der Waals surface area contributed by atoms with Crippen molar-refractivity contribution in [1.82, 2.24) is 15.2 Å². The Labute approximate surface area is 191 Å². The average molecular weight is 573 g/mol. The second-order valence-electron chi connectivity index (χ2n) is 5.71. The number of nitrogens with one attached hydrogen (secondary N) is 3. The van der Waals surface area contributed by atoms with Gasteiger partial charge in [0.05, 0.1) is 11.2 Å². The molecule has 0 spiro atoms. The van der Waals surface area contributed by atoms with Crippen molar-refractivity contribution in [1.29, 1.82) is 0 Å². The number of hydrogen-bond acceptors (Lipinski definition) is 4. The third-order valence-electron chi connectivity index (χ3n) is 3.74. The Morgan fingerprint density at radius 1 is 1.04 bits per heavy atom. The first-order chi connectivity index (χ1) is 12.2. The fourth-order valence-electron chi connectivity index (χ4n) is 2.57. The zero-order valence-electron chi connectivity index (χ0n) is 14.2. The van der Waals surface area contributed by atoms with Gasteiger partial charge in [-0.25, -0.2) is 4.98 Å². The Hall–Kier alpha value is -1.55. The molecule has 0 amide bonds. The smallest absolute Gasteiger partial charge is 0.152 e. The van der Waals surface area contributed by atoms with Gasteiger partial charge < -0.3 is 11.1 Å². The molecule has 0 saturated carbocycles. The van der Waals surface area contributed by atoms with Crippen LogP contribution >= 0.6 is 11.8 Å². The van der Waals surface area contributed by atoms with E-state index < -0.39 is 0 Å². The number of anilines is 2. The average Bonchev–Trinajstić information content (AvgIpc) is 3.02. The van der Waals surface area contributed by atoms with Crippen molar-refractivity contribution in [2.45, 2.75) is 16.8 Å². The molecule has 0 aliphatic rings. The van der Waals surface area contributed by atoms with Gasteiger partial charge in [0.1, 0.15) is 5.03 Å². The van der Waals surface area contributed by atoms with Crippen molar-refractivity contribution in [2.24, 2.45) is 0 Å². The molecule has 0 aliphatic carbocycles. The van der Waals surface area contributed by atoms with Crippen LogP contribution in [0.3, 0.4) is 0 Å². The van der Waals surface area contributed by atoms with Crippen molar-refractivity contribution < 1.29 is 44.1 Å². The number of hydrogen-bond donors (Lipinski definition) is 2. The van der Waals surface area contributed by atoms with Crippen LogP contribution in [0.1, 0.15) is 5.69 Å². The number of rotatable bonds is 4. The number of benzene rings is 2. The number of aromatic amines is 1. The number of para-hydroxylation sites is 1. The van der Waals surface area contributed by atoms with Gasteiger partial charge in [0.25, 0.3) is 0 Å². The van der Waals surface area contributed by atoms with E-state index in [-0.39, 0.29) is 44.1 Å². The quantitative estimate of drug-likeness (QED) is 0.322. The molecule has 0 bridgehead atoms. The van der Waals surface area contributed by atoms with Gasteiger partial charge in [-0.15, -0.1) is 5.69 Å². The predicted octanol–water partition coefficient (Wildman–Crippen LogP) is 5.84. The number of aromatic nitrogens is 3. The van der Waals surface area contributed by atoms with Gasteiger partial charge in [-0.1, -0.05) is 42.1 Å². The predicted molar refractivity (Wildman–Crippen MR) is 103 cm³/mol. The topological polar surface area (TPSA) is 77.4 Å². The molecule has 7 heteroatoms. The SMILES string of the molecule is Cc1cc(Nc2cc(Sc3ccc([NH-])cc3)nc3ccccc23)n[nH]1.[Ac]. The molecule has 4 aromatic rings. The molecule has 0 atom stereocenters. The summed E-state index contributed by atoms with van der Waals surface area (Å²) in [6, 6.07) is 19.5. The standard InChI is InChI=1S/C19H16N5S.Ac/c1-12-10-18(24-23-12)21-17-11-19(22-16-5-3-2-4-15(16)17)25-14-8-6-13(20)7-9-14;/h2-11,20H,1H3,(H2,21,22,23,24);/q-1;. The van der Waals surface area contributed by atoms with E-state index in [1.54, 1.807) is 23.9 Å². The van der Waals surface area contributed by atoms with Crippen LogP contribution in [0.25, 0.3) is 16.6 Å². The second-order valence-corrected chi connectivity index (χ2v) is 6.81. The van der Waals surface area contributed by atoms with Gasteiger partial charge in [0, 0.05) is 66.1 Å². The zero-order chi connectivity index (χ0) is 17.2. The summed E-state index contributed by atoms with van der Waals surface area (Å²) < 4.78 is 0. The first-order valence-electron chi connectivity index (χ1n) is 7.86. The molecule has 5 nitrogen and oxygen atoms in total. The van der Waals surface area contributed by atoms with Crippen molar-refractivity contribution in [3.05, 3.63) is 72.1 Å². The minimum Gasteiger partial charge on any atom is -0.699 e. The van der Waals surface area contributed by atoms with E-state index in [4.69, 9.17) is 10.7 Å². The molecule has 3 N–H and O–H groups in total. The van der Waals surface area contributed by atoms with Crippen molar-refractivity contribution in [2.75, 3.05) is 5.32 Å². The second kappa shape index (κ2) is 8.43. The summed E-state index contributed by atoms with van der Waals surface area (Å²) in [6.07, 6.45) is 0. The fourth-order valence-corrected chi connectivity index (χ4v) is 3.41. The van der Waals surface area contributed by atoms with Crippen LogP contribution in [0.5, 0.6) is 0 Å². The number of fused-ring (bicyclic) bond motifs is 1. The molecular formula is C19H16AcN5S-. The van der Waals surface area contributed by atoms with Gasteiger partial charge in [-0.05, 0) is 31.2 Å². The number of nitrogens with zero attached hydrogens (tertiary/aromatic N) is 2. The number of pyridine rings is 1. The minimum atomic E-state index is 0. The minimum absolute atomic E-state index is 0. The normalized spacial score (nSPS) is 10.5.